The Hall–Kier alpha value is -0.650. The van der Waals surface area contributed by atoms with Crippen LogP contribution in [0.25, 0.3) is 0 Å². The van der Waals surface area contributed by atoms with Gasteiger partial charge in [0.25, 0.3) is 0 Å². The van der Waals surface area contributed by atoms with E-state index in [2.05, 4.69) is 26.9 Å². The maximum atomic E-state index is 10.7. The molecule has 0 aliphatic carbocycles. The summed E-state index contributed by atoms with van der Waals surface area (Å²) < 4.78 is 0. The number of aromatic amines is 1. The van der Waals surface area contributed by atoms with Crippen LogP contribution in [0.5, 0.6) is 0 Å². The van der Waals surface area contributed by atoms with Gasteiger partial charge in [0.2, 0.25) is 5.91 Å². The number of carbonyl (C=O) groups is 1. The first-order valence-electron chi connectivity index (χ1n) is 4.31. The van der Waals surface area contributed by atoms with Crippen molar-refractivity contribution >= 4 is 5.91 Å². The Morgan fingerprint density at radius 1 is 1.57 bits per heavy atom. The van der Waals surface area contributed by atoms with Crippen molar-refractivity contribution < 1.29 is 27.2 Å². The molecule has 0 spiro atoms. The van der Waals surface area contributed by atoms with Crippen LogP contribution >= 0.6 is 0 Å². The third kappa shape index (κ3) is 6.82. The molecule has 1 rings (SSSR count). The van der Waals surface area contributed by atoms with Crippen LogP contribution < -0.4 is 5.32 Å². The van der Waals surface area contributed by atoms with E-state index in [4.69, 9.17) is 0 Å². The third-order valence-electron chi connectivity index (χ3n) is 1.30. The van der Waals surface area contributed by atoms with Gasteiger partial charge < -0.3 is 21.7 Å². The minimum absolute atomic E-state index is 0. The summed E-state index contributed by atoms with van der Waals surface area (Å²) in [5.41, 5.74) is 0.758. The van der Waals surface area contributed by atoms with Gasteiger partial charge in [-0.05, 0) is 6.42 Å². The molecule has 6 heteroatoms. The molecule has 84 valence electrons. The van der Waals surface area contributed by atoms with Crippen LogP contribution in [-0.2, 0) is 33.6 Å². The topological polar surface area (TPSA) is 70.7 Å². The quantitative estimate of drug-likeness (QED) is 0.586. The van der Waals surface area contributed by atoms with Crippen LogP contribution in [0.1, 0.15) is 26.0 Å². The molecule has 0 radical (unpaired) electrons. The van der Waals surface area contributed by atoms with Gasteiger partial charge in [0.1, 0.15) is 0 Å². The summed E-state index contributed by atoms with van der Waals surface area (Å²) in [7, 11) is 1.61. The van der Waals surface area contributed by atoms with Gasteiger partial charge in [-0.15, -0.1) is 10.9 Å². The number of nitrogens with one attached hydrogen (secondary N) is 2. The van der Waals surface area contributed by atoms with Crippen LogP contribution in [0.15, 0.2) is 0 Å². The van der Waals surface area contributed by atoms with E-state index in [1.54, 1.807) is 7.05 Å². The van der Waals surface area contributed by atoms with E-state index in [0.717, 1.165) is 5.69 Å². The van der Waals surface area contributed by atoms with Crippen LogP contribution in [-0.4, -0.2) is 28.4 Å². The first-order valence-corrected chi connectivity index (χ1v) is 4.31. The van der Waals surface area contributed by atoms with E-state index in [1.807, 2.05) is 13.8 Å². The predicted octanol–water partition coefficient (Wildman–Crippen LogP) is 0.307. The van der Waals surface area contributed by atoms with Crippen molar-refractivity contribution in [1.82, 2.24) is 20.7 Å². The number of amides is 1. The van der Waals surface area contributed by atoms with Gasteiger partial charge in [0, 0.05) is 13.5 Å². The monoisotopic (exact) mass is 380 g/mol. The zero-order chi connectivity index (χ0) is 10.1. The Morgan fingerprint density at radius 2 is 2.21 bits per heavy atom. The van der Waals surface area contributed by atoms with E-state index < -0.39 is 0 Å². The minimum atomic E-state index is 0. The van der Waals surface area contributed by atoms with E-state index in [9.17, 15) is 4.79 Å². The fraction of sp³-hybridized carbons (Fsp3) is 0.625. The summed E-state index contributed by atoms with van der Waals surface area (Å²) in [5, 5.41) is 12.1. The van der Waals surface area contributed by atoms with Crippen molar-refractivity contribution in [3.8, 4) is 0 Å². The van der Waals surface area contributed by atoms with Crippen LogP contribution in [0, 0.1) is 6.20 Å². The second-order valence-corrected chi connectivity index (χ2v) is 2.08. The SMILES string of the molecule is CC.CNC(=O)CCc1[c-]nn[nH]1.[Au+]. The van der Waals surface area contributed by atoms with Crippen LogP contribution in [0.2, 0.25) is 0 Å². The largest absolute Gasteiger partial charge is 1.00 e. The van der Waals surface area contributed by atoms with Crippen molar-refractivity contribution in [3.05, 3.63) is 11.9 Å². The van der Waals surface area contributed by atoms with Gasteiger partial charge >= 0.3 is 22.4 Å². The molecule has 1 aromatic rings. The molecule has 0 saturated carbocycles. The van der Waals surface area contributed by atoms with Gasteiger partial charge in [-0.25, -0.2) is 0 Å². The molecule has 14 heavy (non-hydrogen) atoms. The molecule has 5 nitrogen and oxygen atoms in total. The summed E-state index contributed by atoms with van der Waals surface area (Å²) in [6.07, 6.45) is 3.67. The average Bonchev–Trinajstić information content (AvgIpc) is 2.70. The molecule has 2 N–H and O–H groups in total. The minimum Gasteiger partial charge on any atom is -0.359 e. The molecule has 0 aliphatic heterocycles. The molecular weight excluding hydrogens is 365 g/mol. The van der Waals surface area contributed by atoms with Crippen molar-refractivity contribution in [2.45, 2.75) is 26.7 Å². The van der Waals surface area contributed by atoms with E-state index in [-0.39, 0.29) is 28.3 Å². The Morgan fingerprint density at radius 3 is 2.64 bits per heavy atom. The van der Waals surface area contributed by atoms with Crippen molar-refractivity contribution in [2.24, 2.45) is 0 Å². The van der Waals surface area contributed by atoms with Gasteiger partial charge in [-0.1, -0.05) is 13.8 Å². The van der Waals surface area contributed by atoms with Crippen molar-refractivity contribution in [3.63, 3.8) is 0 Å². The zero-order valence-corrected chi connectivity index (χ0v) is 10.7. The second kappa shape index (κ2) is 10.4. The number of H-pyrrole nitrogens is 1. The fourth-order valence-electron chi connectivity index (χ4n) is 0.671. The Balaban J connectivity index is 0. The first kappa shape index (κ1) is 15.8. The molecule has 0 atom stereocenters. The van der Waals surface area contributed by atoms with Crippen LogP contribution in [0.4, 0.5) is 0 Å². The van der Waals surface area contributed by atoms with Gasteiger partial charge in [-0.2, -0.15) is 0 Å². The van der Waals surface area contributed by atoms with Crippen molar-refractivity contribution in [2.75, 3.05) is 7.05 Å². The zero-order valence-electron chi connectivity index (χ0n) is 8.52. The molecule has 1 heterocycles. The summed E-state index contributed by atoms with van der Waals surface area (Å²) >= 11 is 0. The fourth-order valence-corrected chi connectivity index (χ4v) is 0.671. The third-order valence-corrected chi connectivity index (χ3v) is 1.30. The summed E-state index contributed by atoms with van der Waals surface area (Å²) in [6.45, 7) is 4.00. The molecule has 1 amide bonds. The number of nitrogens with zero attached hydrogens (tertiary/aromatic N) is 2. The summed E-state index contributed by atoms with van der Waals surface area (Å²) in [6, 6.07) is 0. The summed E-state index contributed by atoms with van der Waals surface area (Å²) in [4.78, 5) is 10.7. The number of carbonyl (C=O) groups excluding carboxylic acids is 1. The maximum absolute atomic E-state index is 10.7. The molecular formula is C8H15AuN4O. The molecule has 0 bridgehead atoms. The number of hydrogen-bond acceptors (Lipinski definition) is 3. The molecule has 0 unspecified atom stereocenters. The van der Waals surface area contributed by atoms with Gasteiger partial charge in [0.05, 0.1) is 0 Å². The van der Waals surface area contributed by atoms with Gasteiger partial charge in [0.15, 0.2) is 0 Å². The second-order valence-electron chi connectivity index (χ2n) is 2.08. The number of hydrogen-bond donors (Lipinski definition) is 2. The maximum Gasteiger partial charge on any atom is 1.00 e. The summed E-state index contributed by atoms with van der Waals surface area (Å²) in [5.74, 6) is 0.00741. The Kier molecular flexibility index (Phi) is 11.8. The molecule has 1 aromatic heterocycles. The molecule has 0 saturated heterocycles. The van der Waals surface area contributed by atoms with E-state index in [1.165, 1.54) is 0 Å². The Bertz CT molecular complexity index is 225. The number of aromatic nitrogens is 3. The molecule has 0 aromatic carbocycles. The molecule has 0 fully saturated rings. The van der Waals surface area contributed by atoms with E-state index in [0.29, 0.717) is 12.8 Å². The smallest absolute Gasteiger partial charge is 0.359 e. The Labute approximate surface area is 99.6 Å². The van der Waals surface area contributed by atoms with Crippen molar-refractivity contribution in [1.29, 1.82) is 0 Å². The number of rotatable bonds is 3. The molecule has 0 aliphatic rings. The standard InChI is InChI=1S/C6H9N4O.C2H6.Au/c1-7-6(11)3-2-5-4-8-10-9-5;1-2;/h2-3H2,1H3,(H,7,11)(H,8,9,10);1-2H3;/q-1;;+1. The first-order chi connectivity index (χ1) is 6.33. The van der Waals surface area contributed by atoms with Crippen LogP contribution in [0.3, 0.4) is 0 Å². The average molecular weight is 380 g/mol. The normalized spacial score (nSPS) is 7.93. The predicted molar refractivity (Wildman–Crippen MR) is 49.0 cm³/mol. The van der Waals surface area contributed by atoms with E-state index >= 15 is 0 Å². The van der Waals surface area contributed by atoms with Gasteiger partial charge in [-0.3, -0.25) is 4.79 Å². The number of aryl methyl sites for hydroxylation is 1.